The Labute approximate surface area is 104 Å². The molecule has 3 N–H and O–H groups in total. The van der Waals surface area contributed by atoms with Gasteiger partial charge in [0.15, 0.2) is 5.82 Å². The molecule has 2 heterocycles. The van der Waals surface area contributed by atoms with Gasteiger partial charge in [-0.25, -0.2) is 4.98 Å². The Morgan fingerprint density at radius 3 is 2.89 bits per heavy atom. The van der Waals surface area contributed by atoms with Crippen LogP contribution in [0.25, 0.3) is 10.9 Å². The molecule has 88 valence electrons. The van der Waals surface area contributed by atoms with E-state index in [9.17, 15) is 0 Å². The minimum absolute atomic E-state index is 0.387. The second-order valence-electron chi connectivity index (χ2n) is 3.83. The lowest BCUT2D eigenvalue weighted by atomic mass is 10.2. The molecule has 5 nitrogen and oxygen atoms in total. The highest BCUT2D eigenvalue weighted by Gasteiger charge is 2.02. The summed E-state index contributed by atoms with van der Waals surface area (Å²) < 4.78 is 0. The maximum absolute atomic E-state index is 5.60. The van der Waals surface area contributed by atoms with Gasteiger partial charge in [0.2, 0.25) is 0 Å². The zero-order valence-electron chi connectivity index (χ0n) is 9.54. The smallest absolute Gasteiger partial charge is 0.151 e. The van der Waals surface area contributed by atoms with E-state index < -0.39 is 0 Å². The Morgan fingerprint density at radius 2 is 2.00 bits per heavy atom. The molecule has 0 aliphatic carbocycles. The second-order valence-corrected chi connectivity index (χ2v) is 3.83. The standard InChI is InChI=1S/C13H11N5/c14-12-7-15-8-13(18-12)17-11-5-1-4-10-9(11)3-2-6-16-10/h1-8H,(H3,14,17,18). The van der Waals surface area contributed by atoms with E-state index >= 15 is 0 Å². The van der Waals surface area contributed by atoms with Gasteiger partial charge in [-0.15, -0.1) is 0 Å². The molecule has 0 unspecified atom stereocenters. The van der Waals surface area contributed by atoms with Gasteiger partial charge in [0.05, 0.1) is 17.9 Å². The molecule has 18 heavy (non-hydrogen) atoms. The third-order valence-corrected chi connectivity index (χ3v) is 2.56. The molecule has 0 radical (unpaired) electrons. The first kappa shape index (κ1) is 10.5. The van der Waals surface area contributed by atoms with Gasteiger partial charge in [-0.3, -0.25) is 9.97 Å². The van der Waals surface area contributed by atoms with E-state index in [1.54, 1.807) is 12.4 Å². The molecular weight excluding hydrogens is 226 g/mol. The van der Waals surface area contributed by atoms with Crippen molar-refractivity contribution in [1.82, 2.24) is 15.0 Å². The highest BCUT2D eigenvalue weighted by atomic mass is 15.0. The number of nitrogens with one attached hydrogen (secondary N) is 1. The highest BCUT2D eigenvalue weighted by molar-refractivity contribution is 5.92. The number of nitrogens with zero attached hydrogens (tertiary/aromatic N) is 3. The maximum Gasteiger partial charge on any atom is 0.151 e. The van der Waals surface area contributed by atoms with E-state index in [0.717, 1.165) is 16.6 Å². The third-order valence-electron chi connectivity index (χ3n) is 2.56. The second kappa shape index (κ2) is 4.29. The van der Waals surface area contributed by atoms with E-state index in [1.165, 1.54) is 6.20 Å². The van der Waals surface area contributed by atoms with Crippen LogP contribution in [0.15, 0.2) is 48.9 Å². The van der Waals surface area contributed by atoms with Gasteiger partial charge in [0.1, 0.15) is 5.82 Å². The molecule has 1 aromatic carbocycles. The van der Waals surface area contributed by atoms with Crippen molar-refractivity contribution in [2.24, 2.45) is 0 Å². The van der Waals surface area contributed by atoms with E-state index in [1.807, 2.05) is 30.3 Å². The highest BCUT2D eigenvalue weighted by Crippen LogP contribution is 2.24. The van der Waals surface area contributed by atoms with Gasteiger partial charge >= 0.3 is 0 Å². The Balaban J connectivity index is 2.05. The Hall–Kier alpha value is -2.69. The number of pyridine rings is 1. The summed E-state index contributed by atoms with van der Waals surface area (Å²) in [5.74, 6) is 1.00. The molecule has 0 saturated carbocycles. The van der Waals surface area contributed by atoms with Gasteiger partial charge in [0, 0.05) is 17.3 Å². The number of aromatic nitrogens is 3. The van der Waals surface area contributed by atoms with Crippen LogP contribution in [0, 0.1) is 0 Å². The fourth-order valence-corrected chi connectivity index (χ4v) is 1.79. The van der Waals surface area contributed by atoms with Crippen LogP contribution in [-0.2, 0) is 0 Å². The van der Waals surface area contributed by atoms with Crippen molar-refractivity contribution in [2.45, 2.75) is 0 Å². The number of fused-ring (bicyclic) bond motifs is 1. The molecule has 0 saturated heterocycles. The van der Waals surface area contributed by atoms with Crippen molar-refractivity contribution in [2.75, 3.05) is 11.1 Å². The van der Waals surface area contributed by atoms with Gasteiger partial charge in [-0.1, -0.05) is 6.07 Å². The summed E-state index contributed by atoms with van der Waals surface area (Å²) in [6.07, 6.45) is 4.91. The first-order valence-electron chi connectivity index (χ1n) is 5.51. The molecule has 0 atom stereocenters. The van der Waals surface area contributed by atoms with Crippen LogP contribution < -0.4 is 11.1 Å². The van der Waals surface area contributed by atoms with E-state index in [2.05, 4.69) is 20.3 Å². The van der Waals surface area contributed by atoms with Crippen molar-refractivity contribution in [3.8, 4) is 0 Å². The number of benzene rings is 1. The fraction of sp³-hybridized carbons (Fsp3) is 0. The number of hydrogen-bond acceptors (Lipinski definition) is 5. The average molecular weight is 237 g/mol. The van der Waals surface area contributed by atoms with Gasteiger partial charge < -0.3 is 11.1 Å². The van der Waals surface area contributed by atoms with Crippen molar-refractivity contribution < 1.29 is 0 Å². The molecule has 0 bridgehead atoms. The SMILES string of the molecule is Nc1cncc(Nc2cccc3ncccc23)n1. The molecule has 0 aliphatic rings. The van der Waals surface area contributed by atoms with Crippen molar-refractivity contribution >= 4 is 28.2 Å². The molecule has 3 rings (SSSR count). The summed E-state index contributed by atoms with van der Waals surface area (Å²) in [7, 11) is 0. The zero-order chi connectivity index (χ0) is 12.4. The number of anilines is 3. The summed E-state index contributed by atoms with van der Waals surface area (Å²) in [6.45, 7) is 0. The Morgan fingerprint density at radius 1 is 1.06 bits per heavy atom. The first-order valence-corrected chi connectivity index (χ1v) is 5.51. The van der Waals surface area contributed by atoms with E-state index in [4.69, 9.17) is 5.73 Å². The minimum atomic E-state index is 0.387. The van der Waals surface area contributed by atoms with E-state index in [-0.39, 0.29) is 0 Å². The average Bonchev–Trinajstić information content (AvgIpc) is 2.39. The normalized spacial score (nSPS) is 10.4. The van der Waals surface area contributed by atoms with Crippen molar-refractivity contribution in [3.63, 3.8) is 0 Å². The Bertz CT molecular complexity index is 690. The molecular formula is C13H11N5. The lowest BCUT2D eigenvalue weighted by Crippen LogP contribution is -1.98. The van der Waals surface area contributed by atoms with E-state index in [0.29, 0.717) is 11.6 Å². The number of hydrogen-bond donors (Lipinski definition) is 2. The predicted octanol–water partition coefficient (Wildman–Crippen LogP) is 2.35. The van der Waals surface area contributed by atoms with Crippen LogP contribution in [0.2, 0.25) is 0 Å². The lowest BCUT2D eigenvalue weighted by Gasteiger charge is -2.08. The monoisotopic (exact) mass is 237 g/mol. The first-order chi connectivity index (χ1) is 8.83. The minimum Gasteiger partial charge on any atom is -0.382 e. The predicted molar refractivity (Wildman–Crippen MR) is 71.5 cm³/mol. The molecule has 2 aromatic heterocycles. The Kier molecular flexibility index (Phi) is 2.49. The van der Waals surface area contributed by atoms with Crippen molar-refractivity contribution in [3.05, 3.63) is 48.9 Å². The molecule has 5 heteroatoms. The number of nitrogens with two attached hydrogens (primary N) is 1. The van der Waals surface area contributed by atoms with Crippen LogP contribution in [0.1, 0.15) is 0 Å². The van der Waals surface area contributed by atoms with Crippen LogP contribution in [0.3, 0.4) is 0 Å². The molecule has 0 amide bonds. The summed E-state index contributed by atoms with van der Waals surface area (Å²) in [5, 5.41) is 4.23. The van der Waals surface area contributed by atoms with Crippen LogP contribution >= 0.6 is 0 Å². The van der Waals surface area contributed by atoms with Gasteiger partial charge in [0.25, 0.3) is 0 Å². The van der Waals surface area contributed by atoms with Crippen LogP contribution in [-0.4, -0.2) is 15.0 Å². The quantitative estimate of drug-likeness (QED) is 0.715. The van der Waals surface area contributed by atoms with Crippen LogP contribution in [0.4, 0.5) is 17.3 Å². The lowest BCUT2D eigenvalue weighted by molar-refractivity contribution is 1.21. The molecule has 0 aliphatic heterocycles. The molecule has 0 spiro atoms. The maximum atomic E-state index is 5.60. The topological polar surface area (TPSA) is 76.7 Å². The molecule has 0 fully saturated rings. The summed E-state index contributed by atoms with van der Waals surface area (Å²) >= 11 is 0. The molecule has 3 aromatic rings. The fourth-order valence-electron chi connectivity index (χ4n) is 1.79. The van der Waals surface area contributed by atoms with Crippen LogP contribution in [0.5, 0.6) is 0 Å². The van der Waals surface area contributed by atoms with Gasteiger partial charge in [-0.2, -0.15) is 0 Å². The summed E-state index contributed by atoms with van der Waals surface area (Å²) in [6, 6.07) is 9.78. The summed E-state index contributed by atoms with van der Waals surface area (Å²) in [4.78, 5) is 12.5. The van der Waals surface area contributed by atoms with Gasteiger partial charge in [-0.05, 0) is 24.3 Å². The third kappa shape index (κ3) is 1.93. The number of nitrogen functional groups attached to an aromatic ring is 1. The largest absolute Gasteiger partial charge is 0.382 e. The summed E-state index contributed by atoms with van der Waals surface area (Å²) in [5.41, 5.74) is 7.46. The zero-order valence-corrected chi connectivity index (χ0v) is 9.54. The van der Waals surface area contributed by atoms with Crippen molar-refractivity contribution in [1.29, 1.82) is 0 Å². The number of rotatable bonds is 2.